The second-order valence-corrected chi connectivity index (χ2v) is 15.1. The van der Waals surface area contributed by atoms with E-state index in [0.29, 0.717) is 11.1 Å². The molecule has 0 spiro atoms. The van der Waals surface area contributed by atoms with Crippen molar-refractivity contribution in [2.75, 3.05) is 13.1 Å². The third kappa shape index (κ3) is 6.90. The number of sulfonamides is 2. The average molecular weight is 626 g/mol. The van der Waals surface area contributed by atoms with E-state index in [1.165, 1.54) is 12.1 Å². The van der Waals surface area contributed by atoms with Crippen molar-refractivity contribution < 1.29 is 31.5 Å². The third-order valence-electron chi connectivity index (χ3n) is 6.34. The highest BCUT2D eigenvalue weighted by Crippen LogP contribution is 2.33. The molecule has 2 unspecified atom stereocenters. The lowest BCUT2D eigenvalue weighted by Crippen LogP contribution is -2.63. The smallest absolute Gasteiger partial charge is 0.305 e. The fourth-order valence-corrected chi connectivity index (χ4v) is 9.52. The summed E-state index contributed by atoms with van der Waals surface area (Å²) in [6.45, 7) is 1.59. The van der Waals surface area contributed by atoms with E-state index in [1.54, 1.807) is 48.5 Å². The Bertz CT molecular complexity index is 1590. The molecule has 3 aromatic rings. The Balaban J connectivity index is 1.76. The van der Waals surface area contributed by atoms with Crippen molar-refractivity contribution in [3.05, 3.63) is 87.8 Å². The molecule has 0 saturated carbocycles. The first kappa shape index (κ1) is 30.2. The van der Waals surface area contributed by atoms with Crippen molar-refractivity contribution in [3.8, 4) is 0 Å². The molecule has 14 heteroatoms. The SMILES string of the molecule is Cc1cccc(C(CC(=O)O)NC(=O)C2N(S(=O)(=O)Cc3ccccc3)CCCN2S(=O)(=O)c2ccc(Cl)s2)c1. The van der Waals surface area contributed by atoms with Gasteiger partial charge in [-0.05, 0) is 36.6 Å². The third-order valence-corrected chi connectivity index (χ3v) is 11.7. The monoisotopic (exact) mass is 625 g/mol. The van der Waals surface area contributed by atoms with Crippen LogP contribution in [0.4, 0.5) is 0 Å². The lowest BCUT2D eigenvalue weighted by atomic mass is 10.0. The first-order valence-electron chi connectivity index (χ1n) is 12.3. The van der Waals surface area contributed by atoms with Gasteiger partial charge < -0.3 is 10.4 Å². The number of thiophene rings is 1. The number of benzene rings is 2. The predicted octanol–water partition coefficient (Wildman–Crippen LogP) is 3.59. The number of carbonyl (C=O) groups excluding carboxylic acids is 1. The van der Waals surface area contributed by atoms with E-state index in [1.807, 2.05) is 13.0 Å². The zero-order valence-corrected chi connectivity index (χ0v) is 24.6. The second kappa shape index (κ2) is 12.4. The van der Waals surface area contributed by atoms with Crippen LogP contribution in [0.15, 0.2) is 70.9 Å². The normalized spacial score (nSPS) is 17.8. The van der Waals surface area contributed by atoms with Crippen LogP contribution in [-0.2, 0) is 35.4 Å². The van der Waals surface area contributed by atoms with E-state index in [0.717, 1.165) is 25.5 Å². The molecule has 2 aromatic carbocycles. The van der Waals surface area contributed by atoms with Crippen LogP contribution < -0.4 is 5.32 Å². The largest absolute Gasteiger partial charge is 0.481 e. The van der Waals surface area contributed by atoms with E-state index < -0.39 is 56.3 Å². The van der Waals surface area contributed by atoms with Gasteiger partial charge in [-0.25, -0.2) is 16.8 Å². The molecule has 214 valence electrons. The van der Waals surface area contributed by atoms with Crippen LogP contribution in [-0.4, -0.2) is 61.7 Å². The van der Waals surface area contributed by atoms with Crippen LogP contribution in [0.25, 0.3) is 0 Å². The van der Waals surface area contributed by atoms with E-state index in [9.17, 15) is 31.5 Å². The van der Waals surface area contributed by atoms with Crippen molar-refractivity contribution in [3.63, 3.8) is 0 Å². The first-order valence-corrected chi connectivity index (χ1v) is 16.5. The summed E-state index contributed by atoms with van der Waals surface area (Å²) in [5.41, 5.74) is 1.78. The number of hydrogen-bond donors (Lipinski definition) is 2. The number of nitrogens with zero attached hydrogens (tertiary/aromatic N) is 2. The van der Waals surface area contributed by atoms with Gasteiger partial charge in [-0.1, -0.05) is 71.8 Å². The molecule has 0 radical (unpaired) electrons. The average Bonchev–Trinajstić information content (AvgIpc) is 3.35. The van der Waals surface area contributed by atoms with Crippen molar-refractivity contribution in [1.82, 2.24) is 13.9 Å². The first-order chi connectivity index (χ1) is 18.9. The van der Waals surface area contributed by atoms with Crippen LogP contribution in [0.1, 0.15) is 35.6 Å². The Morgan fingerprint density at radius 2 is 1.73 bits per heavy atom. The van der Waals surface area contributed by atoms with Gasteiger partial charge in [0.1, 0.15) is 4.21 Å². The maximum Gasteiger partial charge on any atom is 0.305 e. The summed E-state index contributed by atoms with van der Waals surface area (Å²) in [6.07, 6.45) is -2.13. The Hall–Kier alpha value is -2.81. The van der Waals surface area contributed by atoms with Crippen molar-refractivity contribution in [2.24, 2.45) is 0 Å². The lowest BCUT2D eigenvalue weighted by molar-refractivity contribution is -0.138. The number of rotatable bonds is 10. The summed E-state index contributed by atoms with van der Waals surface area (Å²) >= 11 is 6.78. The molecular formula is C26H28ClN3O7S3. The molecule has 2 heterocycles. The van der Waals surface area contributed by atoms with Gasteiger partial charge in [0.15, 0.2) is 6.17 Å². The quantitative estimate of drug-likeness (QED) is 0.351. The summed E-state index contributed by atoms with van der Waals surface area (Å²) in [5.74, 6) is -2.59. The Morgan fingerprint density at radius 3 is 2.35 bits per heavy atom. The number of carboxylic acids is 1. The van der Waals surface area contributed by atoms with Gasteiger partial charge in [-0.2, -0.15) is 8.61 Å². The fourth-order valence-electron chi connectivity index (χ4n) is 4.55. The lowest BCUT2D eigenvalue weighted by Gasteiger charge is -2.41. The predicted molar refractivity (Wildman–Crippen MR) is 152 cm³/mol. The summed E-state index contributed by atoms with van der Waals surface area (Å²) in [4.78, 5) is 25.6. The van der Waals surface area contributed by atoms with Crippen molar-refractivity contribution in [1.29, 1.82) is 0 Å². The Kier molecular flexibility index (Phi) is 9.33. The molecule has 2 N–H and O–H groups in total. The van der Waals surface area contributed by atoms with Gasteiger partial charge in [0, 0.05) is 13.1 Å². The number of hydrogen-bond acceptors (Lipinski definition) is 7. The van der Waals surface area contributed by atoms with E-state index in [2.05, 4.69) is 5.32 Å². The molecule has 40 heavy (non-hydrogen) atoms. The number of carbonyl (C=O) groups is 2. The number of halogens is 1. The zero-order chi connectivity index (χ0) is 29.1. The maximum atomic E-state index is 13.9. The number of amides is 1. The van der Waals surface area contributed by atoms with E-state index >= 15 is 0 Å². The van der Waals surface area contributed by atoms with Crippen LogP contribution in [0.5, 0.6) is 0 Å². The van der Waals surface area contributed by atoms with Gasteiger partial charge in [0.2, 0.25) is 10.0 Å². The minimum atomic E-state index is -4.35. The highest BCUT2D eigenvalue weighted by Gasteiger charge is 2.47. The zero-order valence-electron chi connectivity index (χ0n) is 21.4. The topological polar surface area (TPSA) is 141 Å². The van der Waals surface area contributed by atoms with Gasteiger partial charge in [-0.3, -0.25) is 9.59 Å². The van der Waals surface area contributed by atoms with Crippen LogP contribution in [0.3, 0.4) is 0 Å². The number of carboxylic acid groups (broad SMARTS) is 1. The van der Waals surface area contributed by atoms with E-state index in [-0.39, 0.29) is 28.1 Å². The maximum absolute atomic E-state index is 13.9. The summed E-state index contributed by atoms with van der Waals surface area (Å²) in [6, 6.07) is 16.9. The number of aryl methyl sites for hydroxylation is 1. The van der Waals surface area contributed by atoms with Gasteiger partial charge in [-0.15, -0.1) is 11.3 Å². The van der Waals surface area contributed by atoms with Crippen molar-refractivity contribution in [2.45, 2.75) is 41.9 Å². The number of aliphatic carboxylic acids is 1. The molecule has 0 bridgehead atoms. The fraction of sp³-hybridized carbons (Fsp3) is 0.308. The minimum absolute atomic E-state index is 0.0987. The van der Waals surface area contributed by atoms with Crippen LogP contribution in [0.2, 0.25) is 4.34 Å². The minimum Gasteiger partial charge on any atom is -0.481 e. The Labute approximate surface area is 242 Å². The molecule has 1 fully saturated rings. The summed E-state index contributed by atoms with van der Waals surface area (Å²) < 4.78 is 56.6. The molecule has 2 atom stereocenters. The second-order valence-electron chi connectivity index (χ2n) is 9.33. The molecule has 1 amide bonds. The number of nitrogens with one attached hydrogen (secondary N) is 1. The summed E-state index contributed by atoms with van der Waals surface area (Å²) in [7, 11) is -8.55. The molecule has 1 saturated heterocycles. The molecule has 10 nitrogen and oxygen atoms in total. The van der Waals surface area contributed by atoms with Crippen molar-refractivity contribution >= 4 is 54.9 Å². The molecule has 1 aliphatic rings. The molecule has 1 aromatic heterocycles. The molecule has 1 aliphatic heterocycles. The van der Waals surface area contributed by atoms with Gasteiger partial charge in [0.25, 0.3) is 15.9 Å². The van der Waals surface area contributed by atoms with Crippen LogP contribution >= 0.6 is 22.9 Å². The molecule has 0 aliphatic carbocycles. The molecule has 4 rings (SSSR count). The van der Waals surface area contributed by atoms with Crippen LogP contribution in [0, 0.1) is 6.92 Å². The Morgan fingerprint density at radius 1 is 1.02 bits per heavy atom. The van der Waals surface area contributed by atoms with Gasteiger partial charge in [0.05, 0.1) is 22.6 Å². The highest BCUT2D eigenvalue weighted by molar-refractivity contribution is 7.91. The van der Waals surface area contributed by atoms with Gasteiger partial charge >= 0.3 is 5.97 Å². The standard InChI is InChI=1S/C26H28ClN3O7S3/c1-18-7-5-10-20(15-18)21(16-23(31)32)28-25(33)26-29(39(34,35)17-19-8-3-2-4-9-19)13-6-14-30(26)40(36,37)24-12-11-22(27)38-24/h2-5,7-12,15,21,26H,6,13-14,16-17H2,1H3,(H,28,33)(H,31,32). The molecular weight excluding hydrogens is 598 g/mol. The van der Waals surface area contributed by atoms with E-state index in [4.69, 9.17) is 11.6 Å². The summed E-state index contributed by atoms with van der Waals surface area (Å²) in [5, 5.41) is 12.2. The highest BCUT2D eigenvalue weighted by atomic mass is 35.5.